The summed E-state index contributed by atoms with van der Waals surface area (Å²) in [5.74, 6) is 0. The fourth-order valence-electron chi connectivity index (χ4n) is 3.20. The second kappa shape index (κ2) is 15.2. The molecule has 0 aliphatic rings. The van der Waals surface area contributed by atoms with Gasteiger partial charge in [0, 0.05) is 0 Å². The van der Waals surface area contributed by atoms with Crippen LogP contribution < -0.4 is 0 Å². The fraction of sp³-hybridized carbons (Fsp3) is 0.727. The molecule has 0 aliphatic heterocycles. The molecule has 1 rings (SSSR count). The van der Waals surface area contributed by atoms with Gasteiger partial charge >= 0.3 is 0 Å². The Bertz CT molecular complexity index is 346. The molecule has 0 N–H and O–H groups in total. The number of benzene rings is 1. The van der Waals surface area contributed by atoms with Crippen LogP contribution in [0.5, 0.6) is 0 Å². The predicted octanol–water partition coefficient (Wildman–Crippen LogP) is 8.00. The van der Waals surface area contributed by atoms with E-state index < -0.39 is 0 Å². The lowest BCUT2D eigenvalue weighted by Gasteiger charge is -2.12. The molecule has 1 atom stereocenters. The standard InChI is InChI=1S/C22H39P/c1-3-4-5-6-7-8-9-10-11-12-13-17-20-23(2)21-22-18-15-14-16-19-22/h14-16,18-19H,3-13,17,20-21H2,1-2H3. The highest BCUT2D eigenvalue weighted by Crippen LogP contribution is 2.36. The van der Waals surface area contributed by atoms with Gasteiger partial charge < -0.3 is 0 Å². The minimum atomic E-state index is 0.205. The maximum absolute atomic E-state index is 2.47. The first-order chi connectivity index (χ1) is 11.3. The third-order valence-corrected chi connectivity index (χ3v) is 6.67. The summed E-state index contributed by atoms with van der Waals surface area (Å²) in [6, 6.07) is 11.0. The third kappa shape index (κ3) is 12.7. The molecule has 0 amide bonds. The average molecular weight is 335 g/mol. The molecule has 132 valence electrons. The largest absolute Gasteiger partial charge is 0.105 e. The maximum atomic E-state index is 2.47. The summed E-state index contributed by atoms with van der Waals surface area (Å²) in [5, 5.41) is 0. The number of rotatable bonds is 15. The van der Waals surface area contributed by atoms with Gasteiger partial charge in [-0.25, -0.2) is 0 Å². The quantitative estimate of drug-likeness (QED) is 0.225. The number of hydrogen-bond donors (Lipinski definition) is 0. The van der Waals surface area contributed by atoms with Gasteiger partial charge in [0.2, 0.25) is 0 Å². The SMILES string of the molecule is CCCCCCCCCCCCCCP(C)Cc1ccccc1. The first kappa shape index (κ1) is 20.7. The van der Waals surface area contributed by atoms with Crippen molar-refractivity contribution in [3.63, 3.8) is 0 Å². The summed E-state index contributed by atoms with van der Waals surface area (Å²) in [4.78, 5) is 0. The highest BCUT2D eigenvalue weighted by Gasteiger charge is 2.02. The molecule has 23 heavy (non-hydrogen) atoms. The minimum absolute atomic E-state index is 0.205. The van der Waals surface area contributed by atoms with Crippen LogP contribution in [0.1, 0.15) is 89.5 Å². The molecule has 0 spiro atoms. The van der Waals surface area contributed by atoms with Gasteiger partial charge in [-0.3, -0.25) is 0 Å². The maximum Gasteiger partial charge on any atom is -0.00756 e. The Kier molecular flexibility index (Phi) is 13.7. The Morgan fingerprint density at radius 3 is 1.65 bits per heavy atom. The lowest BCUT2D eigenvalue weighted by molar-refractivity contribution is 0.548. The van der Waals surface area contributed by atoms with Crippen LogP contribution >= 0.6 is 7.92 Å². The average Bonchev–Trinajstić information content (AvgIpc) is 2.57. The Morgan fingerprint density at radius 1 is 0.652 bits per heavy atom. The van der Waals surface area contributed by atoms with Crippen LogP contribution in [-0.4, -0.2) is 12.8 Å². The van der Waals surface area contributed by atoms with Crippen molar-refractivity contribution < 1.29 is 0 Å². The molecular formula is C22H39P. The molecule has 0 saturated carbocycles. The number of unbranched alkanes of at least 4 members (excludes halogenated alkanes) is 11. The van der Waals surface area contributed by atoms with Gasteiger partial charge in [0.1, 0.15) is 0 Å². The summed E-state index contributed by atoms with van der Waals surface area (Å²) >= 11 is 0. The van der Waals surface area contributed by atoms with E-state index in [4.69, 9.17) is 0 Å². The Hall–Kier alpha value is -0.350. The molecular weight excluding hydrogens is 295 g/mol. The zero-order valence-corrected chi connectivity index (χ0v) is 16.6. The van der Waals surface area contributed by atoms with Crippen molar-refractivity contribution in [3.05, 3.63) is 35.9 Å². The van der Waals surface area contributed by atoms with E-state index in [9.17, 15) is 0 Å². The van der Waals surface area contributed by atoms with E-state index in [0.29, 0.717) is 0 Å². The van der Waals surface area contributed by atoms with E-state index in [0.717, 1.165) is 0 Å². The first-order valence-electron chi connectivity index (χ1n) is 10.1. The molecule has 0 aliphatic carbocycles. The smallest absolute Gasteiger partial charge is 0.00756 e. The topological polar surface area (TPSA) is 0 Å². The molecule has 1 aromatic rings. The summed E-state index contributed by atoms with van der Waals surface area (Å²) in [6.07, 6.45) is 20.2. The van der Waals surface area contributed by atoms with Crippen molar-refractivity contribution in [3.8, 4) is 0 Å². The zero-order valence-electron chi connectivity index (χ0n) is 15.7. The van der Waals surface area contributed by atoms with Crippen molar-refractivity contribution >= 4 is 7.92 Å². The summed E-state index contributed by atoms with van der Waals surface area (Å²) < 4.78 is 0. The van der Waals surface area contributed by atoms with Crippen LogP contribution in [0.25, 0.3) is 0 Å². The van der Waals surface area contributed by atoms with Crippen molar-refractivity contribution in [1.29, 1.82) is 0 Å². The third-order valence-electron chi connectivity index (χ3n) is 4.69. The monoisotopic (exact) mass is 334 g/mol. The minimum Gasteiger partial charge on any atom is -0.105 e. The van der Waals surface area contributed by atoms with Gasteiger partial charge in [-0.05, 0) is 31.0 Å². The number of hydrogen-bond acceptors (Lipinski definition) is 0. The van der Waals surface area contributed by atoms with E-state index in [-0.39, 0.29) is 7.92 Å². The highest BCUT2D eigenvalue weighted by atomic mass is 31.1. The Labute approximate surface area is 147 Å². The molecule has 0 radical (unpaired) electrons. The van der Waals surface area contributed by atoms with Crippen LogP contribution in [0.3, 0.4) is 0 Å². The fourth-order valence-corrected chi connectivity index (χ4v) is 4.95. The lowest BCUT2D eigenvalue weighted by atomic mass is 10.1. The van der Waals surface area contributed by atoms with Gasteiger partial charge in [-0.15, -0.1) is 7.92 Å². The zero-order chi connectivity index (χ0) is 16.6. The molecule has 0 bridgehead atoms. The molecule has 0 saturated heterocycles. The first-order valence-corrected chi connectivity index (χ1v) is 12.2. The van der Waals surface area contributed by atoms with Crippen molar-refractivity contribution in [2.75, 3.05) is 12.8 Å². The molecule has 1 aromatic carbocycles. The predicted molar refractivity (Wildman–Crippen MR) is 109 cm³/mol. The summed E-state index contributed by atoms with van der Waals surface area (Å²) in [5.41, 5.74) is 1.53. The highest BCUT2D eigenvalue weighted by molar-refractivity contribution is 7.55. The van der Waals surface area contributed by atoms with Crippen LogP contribution in [0, 0.1) is 0 Å². The van der Waals surface area contributed by atoms with Gasteiger partial charge in [0.25, 0.3) is 0 Å². The second-order valence-corrected chi connectivity index (χ2v) is 9.59. The summed E-state index contributed by atoms with van der Waals surface area (Å²) in [6.45, 7) is 4.77. The molecule has 1 unspecified atom stereocenters. The van der Waals surface area contributed by atoms with Crippen LogP contribution in [0.4, 0.5) is 0 Å². The Balaban J connectivity index is 1.82. The van der Waals surface area contributed by atoms with Gasteiger partial charge in [0.05, 0.1) is 0 Å². The van der Waals surface area contributed by atoms with Crippen LogP contribution in [-0.2, 0) is 6.16 Å². The van der Waals surface area contributed by atoms with E-state index in [1.165, 1.54) is 94.9 Å². The Morgan fingerprint density at radius 2 is 1.13 bits per heavy atom. The van der Waals surface area contributed by atoms with Gasteiger partial charge in [0.15, 0.2) is 0 Å². The van der Waals surface area contributed by atoms with Gasteiger partial charge in [-0.1, -0.05) is 108 Å². The summed E-state index contributed by atoms with van der Waals surface area (Å²) in [7, 11) is 0.205. The second-order valence-electron chi connectivity index (χ2n) is 7.11. The van der Waals surface area contributed by atoms with E-state index >= 15 is 0 Å². The molecule has 0 aromatic heterocycles. The van der Waals surface area contributed by atoms with Gasteiger partial charge in [-0.2, -0.15) is 0 Å². The lowest BCUT2D eigenvalue weighted by Crippen LogP contribution is -1.89. The molecule has 1 heteroatoms. The van der Waals surface area contributed by atoms with E-state index in [1.54, 1.807) is 0 Å². The normalized spacial score (nSPS) is 12.4. The molecule has 0 fully saturated rings. The van der Waals surface area contributed by atoms with Crippen LogP contribution in [0.15, 0.2) is 30.3 Å². The molecule has 0 heterocycles. The van der Waals surface area contributed by atoms with Crippen molar-refractivity contribution in [1.82, 2.24) is 0 Å². The van der Waals surface area contributed by atoms with Crippen LogP contribution in [0.2, 0.25) is 0 Å². The van der Waals surface area contributed by atoms with Crippen molar-refractivity contribution in [2.24, 2.45) is 0 Å². The van der Waals surface area contributed by atoms with Crippen molar-refractivity contribution in [2.45, 2.75) is 90.1 Å². The van der Waals surface area contributed by atoms with E-state index in [1.807, 2.05) is 0 Å². The van der Waals surface area contributed by atoms with E-state index in [2.05, 4.69) is 43.9 Å². The molecule has 0 nitrogen and oxygen atoms in total.